The number of nitrogens with one attached hydrogen (secondary N) is 1. The van der Waals surface area contributed by atoms with Gasteiger partial charge in [0.25, 0.3) is 11.5 Å². The van der Waals surface area contributed by atoms with E-state index in [4.69, 9.17) is 0 Å². The van der Waals surface area contributed by atoms with Crippen molar-refractivity contribution in [2.24, 2.45) is 0 Å². The summed E-state index contributed by atoms with van der Waals surface area (Å²) in [5, 5.41) is 8.20. The van der Waals surface area contributed by atoms with Gasteiger partial charge in [-0.15, -0.1) is 0 Å². The van der Waals surface area contributed by atoms with Crippen molar-refractivity contribution in [1.29, 1.82) is 0 Å². The van der Waals surface area contributed by atoms with Crippen LogP contribution >= 0.6 is 0 Å². The van der Waals surface area contributed by atoms with Crippen LogP contribution in [0.2, 0.25) is 0 Å². The van der Waals surface area contributed by atoms with Crippen LogP contribution in [0.3, 0.4) is 0 Å². The Morgan fingerprint density at radius 3 is 2.36 bits per heavy atom. The van der Waals surface area contributed by atoms with E-state index in [9.17, 15) is 9.59 Å². The minimum atomic E-state index is -0.318. The summed E-state index contributed by atoms with van der Waals surface area (Å²) < 4.78 is 1.32. The number of rotatable bonds is 5. The molecule has 0 aliphatic heterocycles. The summed E-state index contributed by atoms with van der Waals surface area (Å²) >= 11 is 0. The Balaban J connectivity index is 1.96. The van der Waals surface area contributed by atoms with Gasteiger partial charge >= 0.3 is 0 Å². The summed E-state index contributed by atoms with van der Waals surface area (Å²) in [6.45, 7) is 4.38. The van der Waals surface area contributed by atoms with Gasteiger partial charge in [-0.25, -0.2) is 4.68 Å². The van der Waals surface area contributed by atoms with Crippen molar-refractivity contribution in [2.45, 2.75) is 33.2 Å². The average molecular weight is 335 g/mol. The fourth-order valence-corrected chi connectivity index (χ4v) is 2.85. The molecule has 0 saturated carbocycles. The van der Waals surface area contributed by atoms with Gasteiger partial charge in [0, 0.05) is 17.6 Å². The van der Waals surface area contributed by atoms with E-state index in [2.05, 4.69) is 17.3 Å². The van der Waals surface area contributed by atoms with Crippen LogP contribution in [-0.4, -0.2) is 15.7 Å². The largest absolute Gasteiger partial charge is 0.321 e. The van der Waals surface area contributed by atoms with E-state index >= 15 is 0 Å². The SMILES string of the molecule is CCCc1ccc(NC(=O)c2nn(CC)c(=O)c3ccccc23)cc1. The first kappa shape index (κ1) is 16.9. The monoisotopic (exact) mass is 335 g/mol. The van der Waals surface area contributed by atoms with E-state index < -0.39 is 0 Å². The van der Waals surface area contributed by atoms with Crippen LogP contribution in [-0.2, 0) is 13.0 Å². The normalized spacial score (nSPS) is 10.8. The smallest absolute Gasteiger partial charge is 0.276 e. The van der Waals surface area contributed by atoms with Gasteiger partial charge in [-0.3, -0.25) is 9.59 Å². The van der Waals surface area contributed by atoms with Crippen LogP contribution in [0.15, 0.2) is 53.3 Å². The highest BCUT2D eigenvalue weighted by Gasteiger charge is 2.16. The van der Waals surface area contributed by atoms with Crippen molar-refractivity contribution >= 4 is 22.4 Å². The Morgan fingerprint density at radius 2 is 1.72 bits per heavy atom. The number of anilines is 1. The van der Waals surface area contributed by atoms with Crippen LogP contribution < -0.4 is 10.9 Å². The number of hydrogen-bond acceptors (Lipinski definition) is 3. The topological polar surface area (TPSA) is 64.0 Å². The molecule has 0 aliphatic carbocycles. The molecule has 0 atom stereocenters. The highest BCUT2D eigenvalue weighted by molar-refractivity contribution is 6.11. The number of carbonyl (C=O) groups excluding carboxylic acids is 1. The van der Waals surface area contributed by atoms with E-state index in [1.54, 1.807) is 24.3 Å². The number of aromatic nitrogens is 2. The van der Waals surface area contributed by atoms with Crippen molar-refractivity contribution in [1.82, 2.24) is 9.78 Å². The number of carbonyl (C=O) groups is 1. The minimum Gasteiger partial charge on any atom is -0.321 e. The van der Waals surface area contributed by atoms with Crippen LogP contribution in [0.5, 0.6) is 0 Å². The van der Waals surface area contributed by atoms with Gasteiger partial charge in [0.15, 0.2) is 5.69 Å². The Bertz CT molecular complexity index is 959. The molecule has 25 heavy (non-hydrogen) atoms. The first-order chi connectivity index (χ1) is 12.1. The fourth-order valence-electron chi connectivity index (χ4n) is 2.85. The van der Waals surface area contributed by atoms with Gasteiger partial charge < -0.3 is 5.32 Å². The van der Waals surface area contributed by atoms with E-state index in [1.807, 2.05) is 31.2 Å². The quantitative estimate of drug-likeness (QED) is 0.774. The number of amides is 1. The molecule has 1 amide bonds. The molecule has 2 aromatic carbocycles. The standard InChI is InChI=1S/C20H21N3O2/c1-3-7-14-10-12-15(13-11-14)21-19(24)18-16-8-5-6-9-17(16)20(25)23(4-2)22-18/h5-6,8-13H,3-4,7H2,1-2H3,(H,21,24). The summed E-state index contributed by atoms with van der Waals surface area (Å²) in [5.41, 5.74) is 2.03. The zero-order chi connectivity index (χ0) is 17.8. The Hall–Kier alpha value is -2.95. The zero-order valence-electron chi connectivity index (χ0n) is 14.5. The predicted octanol–water partition coefficient (Wildman–Crippen LogP) is 3.62. The molecule has 0 fully saturated rings. The van der Waals surface area contributed by atoms with Crippen LogP contribution in [0.4, 0.5) is 5.69 Å². The Kier molecular flexibility index (Phi) is 4.93. The third-order valence-corrected chi connectivity index (χ3v) is 4.13. The lowest BCUT2D eigenvalue weighted by Gasteiger charge is -2.10. The number of nitrogens with zero attached hydrogens (tertiary/aromatic N) is 2. The minimum absolute atomic E-state index is 0.182. The van der Waals surface area contributed by atoms with Gasteiger partial charge in [0.2, 0.25) is 0 Å². The molecule has 5 heteroatoms. The third-order valence-electron chi connectivity index (χ3n) is 4.13. The van der Waals surface area contributed by atoms with E-state index in [0.717, 1.165) is 12.8 Å². The fraction of sp³-hybridized carbons (Fsp3) is 0.250. The molecule has 0 spiro atoms. The average Bonchev–Trinajstić information content (AvgIpc) is 2.64. The second-order valence-electron chi connectivity index (χ2n) is 5.92. The number of fused-ring (bicyclic) bond motifs is 1. The second kappa shape index (κ2) is 7.30. The third kappa shape index (κ3) is 3.45. The van der Waals surface area contributed by atoms with Gasteiger partial charge in [0.05, 0.1) is 5.39 Å². The van der Waals surface area contributed by atoms with Gasteiger partial charge in [-0.1, -0.05) is 43.7 Å². The van der Waals surface area contributed by atoms with Crippen LogP contribution in [0.1, 0.15) is 36.3 Å². The van der Waals surface area contributed by atoms with E-state index in [1.165, 1.54) is 10.2 Å². The summed E-state index contributed by atoms with van der Waals surface area (Å²) in [6, 6.07) is 14.9. The molecular formula is C20H21N3O2. The molecule has 5 nitrogen and oxygen atoms in total. The molecule has 0 aliphatic rings. The second-order valence-corrected chi connectivity index (χ2v) is 5.92. The maximum atomic E-state index is 12.7. The molecule has 0 bridgehead atoms. The van der Waals surface area contributed by atoms with Gasteiger partial charge in [0.1, 0.15) is 0 Å². The van der Waals surface area contributed by atoms with Crippen LogP contribution in [0, 0.1) is 0 Å². The number of aryl methyl sites for hydroxylation is 2. The number of benzene rings is 2. The van der Waals surface area contributed by atoms with Crippen molar-refractivity contribution < 1.29 is 4.79 Å². The van der Waals surface area contributed by atoms with Crippen molar-refractivity contribution in [3.05, 3.63) is 70.1 Å². The maximum Gasteiger partial charge on any atom is 0.276 e. The van der Waals surface area contributed by atoms with E-state index in [-0.39, 0.29) is 17.2 Å². The molecule has 3 rings (SSSR count). The van der Waals surface area contributed by atoms with Crippen molar-refractivity contribution in [3.8, 4) is 0 Å². The lowest BCUT2D eigenvalue weighted by Crippen LogP contribution is -2.27. The van der Waals surface area contributed by atoms with E-state index in [0.29, 0.717) is 23.0 Å². The van der Waals surface area contributed by atoms with Gasteiger partial charge in [-0.05, 0) is 37.1 Å². The Labute approximate surface area is 146 Å². The molecule has 128 valence electrons. The zero-order valence-corrected chi connectivity index (χ0v) is 14.5. The lowest BCUT2D eigenvalue weighted by molar-refractivity contribution is 0.102. The summed E-state index contributed by atoms with van der Waals surface area (Å²) in [7, 11) is 0. The first-order valence-corrected chi connectivity index (χ1v) is 8.54. The lowest BCUT2D eigenvalue weighted by atomic mass is 10.1. The van der Waals surface area contributed by atoms with Crippen molar-refractivity contribution in [3.63, 3.8) is 0 Å². The molecule has 1 heterocycles. The molecule has 3 aromatic rings. The summed E-state index contributed by atoms with van der Waals surface area (Å²) in [5.74, 6) is -0.318. The molecule has 0 radical (unpaired) electrons. The Morgan fingerprint density at radius 1 is 1.04 bits per heavy atom. The maximum absolute atomic E-state index is 12.7. The first-order valence-electron chi connectivity index (χ1n) is 8.54. The van der Waals surface area contributed by atoms with Gasteiger partial charge in [-0.2, -0.15) is 5.10 Å². The molecule has 0 saturated heterocycles. The molecule has 1 N–H and O–H groups in total. The highest BCUT2D eigenvalue weighted by atomic mass is 16.2. The molecule has 1 aromatic heterocycles. The molecule has 0 unspecified atom stereocenters. The van der Waals surface area contributed by atoms with Crippen molar-refractivity contribution in [2.75, 3.05) is 5.32 Å². The molecular weight excluding hydrogens is 314 g/mol. The number of hydrogen-bond donors (Lipinski definition) is 1. The predicted molar refractivity (Wildman–Crippen MR) is 100 cm³/mol. The summed E-state index contributed by atoms with van der Waals surface area (Å²) in [4.78, 5) is 25.1. The highest BCUT2D eigenvalue weighted by Crippen LogP contribution is 2.16. The summed E-state index contributed by atoms with van der Waals surface area (Å²) in [6.07, 6.45) is 2.10. The van der Waals surface area contributed by atoms with Crippen LogP contribution in [0.25, 0.3) is 10.8 Å².